The quantitative estimate of drug-likeness (QED) is 0.662. The maximum Gasteiger partial charge on any atom is 0.261 e. The number of benzene rings is 2. The summed E-state index contributed by atoms with van der Waals surface area (Å²) in [5.41, 5.74) is 0.963. The summed E-state index contributed by atoms with van der Waals surface area (Å²) < 4.78 is 11.0. The van der Waals surface area contributed by atoms with E-state index in [4.69, 9.17) is 9.47 Å². The van der Waals surface area contributed by atoms with E-state index < -0.39 is 6.04 Å². The van der Waals surface area contributed by atoms with Crippen molar-refractivity contribution in [2.45, 2.75) is 57.7 Å². The second kappa shape index (κ2) is 11.4. The molecular weight excluding hydrogens is 392 g/mol. The Balaban J connectivity index is 1.70. The van der Waals surface area contributed by atoms with Gasteiger partial charge in [-0.25, -0.2) is 0 Å². The lowest BCUT2D eigenvalue weighted by Gasteiger charge is -2.31. The van der Waals surface area contributed by atoms with Gasteiger partial charge >= 0.3 is 0 Å². The Morgan fingerprint density at radius 2 is 1.65 bits per heavy atom. The monoisotopic (exact) mass is 424 g/mol. The SMILES string of the molecule is COc1ccccc1OCC(=O)N(Cc1ccccc1)[C@@H](C)C(=O)NC1CCCCC1. The Labute approximate surface area is 184 Å². The van der Waals surface area contributed by atoms with Crippen LogP contribution in [0.3, 0.4) is 0 Å². The smallest absolute Gasteiger partial charge is 0.261 e. The highest BCUT2D eigenvalue weighted by atomic mass is 16.5. The van der Waals surface area contributed by atoms with Gasteiger partial charge in [-0.1, -0.05) is 61.7 Å². The van der Waals surface area contributed by atoms with Gasteiger partial charge in [-0.3, -0.25) is 9.59 Å². The number of hydrogen-bond donors (Lipinski definition) is 1. The van der Waals surface area contributed by atoms with Crippen LogP contribution in [-0.2, 0) is 16.1 Å². The van der Waals surface area contributed by atoms with Crippen LogP contribution in [0.5, 0.6) is 11.5 Å². The molecule has 0 heterocycles. The fourth-order valence-corrected chi connectivity index (χ4v) is 3.89. The number of carbonyl (C=O) groups is 2. The summed E-state index contributed by atoms with van der Waals surface area (Å²) in [5.74, 6) is 0.694. The fraction of sp³-hybridized carbons (Fsp3) is 0.440. The third-order valence-electron chi connectivity index (χ3n) is 5.73. The molecule has 31 heavy (non-hydrogen) atoms. The Bertz CT molecular complexity index is 850. The molecule has 1 atom stereocenters. The molecule has 1 aliphatic rings. The molecule has 1 fully saturated rings. The van der Waals surface area contributed by atoms with Gasteiger partial charge in [-0.15, -0.1) is 0 Å². The minimum atomic E-state index is -0.601. The van der Waals surface area contributed by atoms with Crippen molar-refractivity contribution in [3.05, 3.63) is 60.2 Å². The molecule has 2 aromatic rings. The molecule has 6 heteroatoms. The van der Waals surface area contributed by atoms with Crippen LogP contribution in [0, 0.1) is 0 Å². The standard InChI is InChI=1S/C25H32N2O4/c1-19(25(29)26-21-13-7-4-8-14-21)27(17-20-11-5-3-6-12-20)24(28)18-31-23-16-10-9-15-22(23)30-2/h3,5-6,9-12,15-16,19,21H,4,7-8,13-14,17-18H2,1-2H3,(H,26,29)/t19-/m0/s1. The van der Waals surface area contributed by atoms with Crippen LogP contribution >= 0.6 is 0 Å². The van der Waals surface area contributed by atoms with Crippen molar-refractivity contribution >= 4 is 11.8 Å². The second-order valence-electron chi connectivity index (χ2n) is 7.97. The summed E-state index contributed by atoms with van der Waals surface area (Å²) in [4.78, 5) is 27.7. The third kappa shape index (κ3) is 6.48. The molecule has 1 saturated carbocycles. The summed E-state index contributed by atoms with van der Waals surface area (Å²) in [7, 11) is 1.56. The van der Waals surface area contributed by atoms with E-state index in [2.05, 4.69) is 5.32 Å². The van der Waals surface area contributed by atoms with Crippen LogP contribution in [0.25, 0.3) is 0 Å². The summed E-state index contributed by atoms with van der Waals surface area (Å²) in [6, 6.07) is 16.5. The molecule has 166 valence electrons. The van der Waals surface area contributed by atoms with E-state index in [9.17, 15) is 9.59 Å². The lowest BCUT2D eigenvalue weighted by molar-refractivity contribution is -0.142. The maximum absolute atomic E-state index is 13.1. The van der Waals surface area contributed by atoms with E-state index in [0.29, 0.717) is 18.0 Å². The molecule has 3 rings (SSSR count). The number of nitrogens with zero attached hydrogens (tertiary/aromatic N) is 1. The number of rotatable bonds is 9. The first-order valence-corrected chi connectivity index (χ1v) is 11.0. The van der Waals surface area contributed by atoms with Gasteiger partial charge < -0.3 is 19.7 Å². The zero-order valence-corrected chi connectivity index (χ0v) is 18.4. The van der Waals surface area contributed by atoms with E-state index in [1.54, 1.807) is 31.1 Å². The Morgan fingerprint density at radius 3 is 2.32 bits per heavy atom. The van der Waals surface area contributed by atoms with E-state index in [1.165, 1.54) is 6.42 Å². The summed E-state index contributed by atoms with van der Waals surface area (Å²) >= 11 is 0. The molecule has 0 aliphatic heterocycles. The van der Waals surface area contributed by atoms with Gasteiger partial charge in [0.15, 0.2) is 18.1 Å². The fourth-order valence-electron chi connectivity index (χ4n) is 3.89. The van der Waals surface area contributed by atoms with Crippen molar-refractivity contribution in [3.63, 3.8) is 0 Å². The van der Waals surface area contributed by atoms with Crippen molar-refractivity contribution in [3.8, 4) is 11.5 Å². The normalized spacial score (nSPS) is 15.0. The van der Waals surface area contributed by atoms with E-state index in [0.717, 1.165) is 31.2 Å². The summed E-state index contributed by atoms with van der Waals surface area (Å²) in [5, 5.41) is 3.14. The number of carbonyl (C=O) groups excluding carboxylic acids is 2. The molecule has 2 amide bonds. The van der Waals surface area contributed by atoms with Crippen molar-refractivity contribution in [1.29, 1.82) is 0 Å². The average molecular weight is 425 g/mol. The molecule has 0 saturated heterocycles. The van der Waals surface area contributed by atoms with Crippen molar-refractivity contribution in [2.75, 3.05) is 13.7 Å². The summed E-state index contributed by atoms with van der Waals surface area (Å²) in [6.45, 7) is 1.95. The molecular formula is C25H32N2O4. The highest BCUT2D eigenvalue weighted by molar-refractivity contribution is 5.88. The van der Waals surface area contributed by atoms with Crippen LogP contribution < -0.4 is 14.8 Å². The predicted octanol–water partition coefficient (Wildman–Crippen LogP) is 3.94. The largest absolute Gasteiger partial charge is 0.493 e. The molecule has 0 bridgehead atoms. The number of amides is 2. The molecule has 0 radical (unpaired) electrons. The molecule has 0 aromatic heterocycles. The number of methoxy groups -OCH3 is 1. The zero-order chi connectivity index (χ0) is 22.1. The van der Waals surface area contributed by atoms with Crippen LogP contribution in [0.4, 0.5) is 0 Å². The maximum atomic E-state index is 13.1. The second-order valence-corrected chi connectivity index (χ2v) is 7.97. The zero-order valence-electron chi connectivity index (χ0n) is 18.4. The van der Waals surface area contributed by atoms with Crippen LogP contribution in [0.15, 0.2) is 54.6 Å². The van der Waals surface area contributed by atoms with Gasteiger partial charge in [0.05, 0.1) is 7.11 Å². The van der Waals surface area contributed by atoms with Crippen molar-refractivity contribution in [2.24, 2.45) is 0 Å². The average Bonchev–Trinajstić information content (AvgIpc) is 2.82. The Kier molecular flexibility index (Phi) is 8.33. The van der Waals surface area contributed by atoms with Gasteiger partial charge in [-0.2, -0.15) is 0 Å². The minimum Gasteiger partial charge on any atom is -0.493 e. The van der Waals surface area contributed by atoms with E-state index in [-0.39, 0.29) is 24.5 Å². The van der Waals surface area contributed by atoms with Gasteiger partial charge in [0.2, 0.25) is 5.91 Å². The van der Waals surface area contributed by atoms with Gasteiger partial charge in [0.25, 0.3) is 5.91 Å². The summed E-state index contributed by atoms with van der Waals surface area (Å²) in [6.07, 6.45) is 5.50. The molecule has 6 nitrogen and oxygen atoms in total. The van der Waals surface area contributed by atoms with E-state index >= 15 is 0 Å². The number of hydrogen-bond acceptors (Lipinski definition) is 4. The van der Waals surface area contributed by atoms with E-state index in [1.807, 2.05) is 42.5 Å². The van der Waals surface area contributed by atoms with Crippen LogP contribution in [-0.4, -0.2) is 42.5 Å². The van der Waals surface area contributed by atoms with Crippen LogP contribution in [0.1, 0.15) is 44.6 Å². The molecule has 1 aliphatic carbocycles. The Morgan fingerprint density at radius 1 is 1.00 bits per heavy atom. The highest BCUT2D eigenvalue weighted by Crippen LogP contribution is 2.26. The topological polar surface area (TPSA) is 67.9 Å². The lowest BCUT2D eigenvalue weighted by atomic mass is 9.95. The number of para-hydroxylation sites is 2. The van der Waals surface area contributed by atoms with Gasteiger partial charge in [-0.05, 0) is 37.5 Å². The van der Waals surface area contributed by atoms with Crippen LogP contribution in [0.2, 0.25) is 0 Å². The van der Waals surface area contributed by atoms with Crippen molar-refractivity contribution in [1.82, 2.24) is 10.2 Å². The first kappa shape index (κ1) is 22.7. The highest BCUT2D eigenvalue weighted by Gasteiger charge is 2.28. The minimum absolute atomic E-state index is 0.117. The lowest BCUT2D eigenvalue weighted by Crippen LogP contribution is -2.51. The van der Waals surface area contributed by atoms with Gasteiger partial charge in [0.1, 0.15) is 6.04 Å². The Hall–Kier alpha value is -3.02. The third-order valence-corrected chi connectivity index (χ3v) is 5.73. The molecule has 1 N–H and O–H groups in total. The molecule has 0 unspecified atom stereocenters. The number of ether oxygens (including phenoxy) is 2. The first-order valence-electron chi connectivity index (χ1n) is 11.0. The molecule has 2 aromatic carbocycles. The van der Waals surface area contributed by atoms with Gasteiger partial charge in [0, 0.05) is 12.6 Å². The van der Waals surface area contributed by atoms with Crippen molar-refractivity contribution < 1.29 is 19.1 Å². The number of nitrogens with one attached hydrogen (secondary N) is 1. The predicted molar refractivity (Wildman–Crippen MR) is 120 cm³/mol. The molecule has 0 spiro atoms. The first-order chi connectivity index (χ1) is 15.1.